The summed E-state index contributed by atoms with van der Waals surface area (Å²) in [6, 6.07) is 2.08. The van der Waals surface area contributed by atoms with E-state index in [9.17, 15) is 8.78 Å². The first-order valence-electron chi connectivity index (χ1n) is 5.98. The number of aromatic nitrogens is 2. The SMILES string of the molecule is CCNC(Cc1ncc[nH]1)c1c(F)cc(Br)cc1F. The van der Waals surface area contributed by atoms with Crippen LogP contribution in [0.2, 0.25) is 0 Å². The quantitative estimate of drug-likeness (QED) is 0.883. The van der Waals surface area contributed by atoms with Gasteiger partial charge in [-0.2, -0.15) is 0 Å². The van der Waals surface area contributed by atoms with Gasteiger partial charge in [-0.1, -0.05) is 22.9 Å². The summed E-state index contributed by atoms with van der Waals surface area (Å²) in [6.45, 7) is 2.50. The van der Waals surface area contributed by atoms with Crippen LogP contribution in [-0.4, -0.2) is 16.5 Å². The Kier molecular flexibility index (Phi) is 4.66. The fourth-order valence-electron chi connectivity index (χ4n) is 2.01. The minimum Gasteiger partial charge on any atom is -0.349 e. The third-order valence-electron chi connectivity index (χ3n) is 2.80. The molecule has 0 spiro atoms. The van der Waals surface area contributed by atoms with Gasteiger partial charge in [-0.05, 0) is 18.7 Å². The summed E-state index contributed by atoms with van der Waals surface area (Å²) < 4.78 is 28.3. The van der Waals surface area contributed by atoms with E-state index >= 15 is 0 Å². The number of aromatic amines is 1. The molecule has 0 bridgehead atoms. The molecule has 2 aromatic rings. The van der Waals surface area contributed by atoms with E-state index in [4.69, 9.17) is 0 Å². The molecule has 6 heteroatoms. The number of hydrogen-bond donors (Lipinski definition) is 2. The van der Waals surface area contributed by atoms with E-state index in [0.29, 0.717) is 23.3 Å². The summed E-state index contributed by atoms with van der Waals surface area (Å²) in [6.07, 6.45) is 3.70. The van der Waals surface area contributed by atoms with E-state index in [1.54, 1.807) is 12.4 Å². The van der Waals surface area contributed by atoms with Gasteiger partial charge < -0.3 is 10.3 Å². The van der Waals surface area contributed by atoms with Gasteiger partial charge >= 0.3 is 0 Å². The van der Waals surface area contributed by atoms with Crippen molar-refractivity contribution in [1.29, 1.82) is 0 Å². The first-order chi connectivity index (χ1) is 9.11. The van der Waals surface area contributed by atoms with Crippen molar-refractivity contribution in [2.75, 3.05) is 6.54 Å². The second-order valence-corrected chi connectivity index (χ2v) is 5.05. The van der Waals surface area contributed by atoms with E-state index in [1.165, 1.54) is 12.1 Å². The van der Waals surface area contributed by atoms with E-state index in [1.807, 2.05) is 6.92 Å². The molecule has 0 aliphatic carbocycles. The van der Waals surface area contributed by atoms with E-state index in [0.717, 1.165) is 0 Å². The van der Waals surface area contributed by atoms with Crippen LogP contribution in [0.5, 0.6) is 0 Å². The lowest BCUT2D eigenvalue weighted by molar-refractivity contribution is 0.467. The number of benzene rings is 1. The first kappa shape index (κ1) is 14.1. The van der Waals surface area contributed by atoms with Crippen molar-refractivity contribution in [1.82, 2.24) is 15.3 Å². The summed E-state index contributed by atoms with van der Waals surface area (Å²) >= 11 is 3.08. The standard InChI is InChI=1S/C13H14BrF2N3/c1-2-17-11(7-12-18-3-4-19-12)13-9(15)5-8(14)6-10(13)16/h3-6,11,17H,2,7H2,1H3,(H,18,19). The third kappa shape index (κ3) is 3.39. The number of halogens is 3. The fraction of sp³-hybridized carbons (Fsp3) is 0.308. The molecule has 1 unspecified atom stereocenters. The zero-order valence-corrected chi connectivity index (χ0v) is 12.0. The zero-order valence-electron chi connectivity index (χ0n) is 10.4. The third-order valence-corrected chi connectivity index (χ3v) is 3.25. The minimum absolute atomic E-state index is 0.0430. The molecule has 3 nitrogen and oxygen atoms in total. The lowest BCUT2D eigenvalue weighted by Crippen LogP contribution is -2.25. The van der Waals surface area contributed by atoms with Gasteiger partial charge in [-0.15, -0.1) is 0 Å². The van der Waals surface area contributed by atoms with E-state index in [-0.39, 0.29) is 5.56 Å². The maximum atomic E-state index is 14.0. The molecule has 0 saturated carbocycles. The summed E-state index contributed by atoms with van der Waals surface area (Å²) in [5.41, 5.74) is 0.0430. The van der Waals surface area contributed by atoms with Gasteiger partial charge in [0.2, 0.25) is 0 Å². The highest BCUT2D eigenvalue weighted by Crippen LogP contribution is 2.26. The number of hydrogen-bond acceptors (Lipinski definition) is 2. The average Bonchev–Trinajstić information content (AvgIpc) is 2.80. The van der Waals surface area contributed by atoms with Crippen molar-refractivity contribution in [3.05, 3.63) is 52.0 Å². The van der Waals surface area contributed by atoms with Crippen LogP contribution in [0.1, 0.15) is 24.4 Å². The number of rotatable bonds is 5. The Morgan fingerprint density at radius 2 is 2.05 bits per heavy atom. The maximum Gasteiger partial charge on any atom is 0.132 e. The van der Waals surface area contributed by atoms with Crippen LogP contribution in [0.3, 0.4) is 0 Å². The molecule has 0 amide bonds. The Balaban J connectivity index is 2.33. The van der Waals surface area contributed by atoms with Crippen molar-refractivity contribution in [3.8, 4) is 0 Å². The molecule has 1 aromatic heterocycles. The average molecular weight is 330 g/mol. The van der Waals surface area contributed by atoms with Gasteiger partial charge in [0.05, 0.1) is 0 Å². The molecule has 19 heavy (non-hydrogen) atoms. The smallest absolute Gasteiger partial charge is 0.132 e. The van der Waals surface area contributed by atoms with Crippen molar-refractivity contribution in [2.24, 2.45) is 0 Å². The highest BCUT2D eigenvalue weighted by Gasteiger charge is 2.21. The van der Waals surface area contributed by atoms with Crippen molar-refractivity contribution < 1.29 is 8.78 Å². The highest BCUT2D eigenvalue weighted by atomic mass is 79.9. The molecule has 1 atom stereocenters. The molecule has 0 fully saturated rings. The van der Waals surface area contributed by atoms with Gasteiger partial charge in [0, 0.05) is 34.9 Å². The Morgan fingerprint density at radius 3 is 2.58 bits per heavy atom. The molecule has 2 rings (SSSR count). The van der Waals surface area contributed by atoms with Crippen LogP contribution in [0.25, 0.3) is 0 Å². The Morgan fingerprint density at radius 1 is 1.37 bits per heavy atom. The number of nitrogens with zero attached hydrogens (tertiary/aromatic N) is 1. The Bertz CT molecular complexity index is 520. The second kappa shape index (κ2) is 6.25. The summed E-state index contributed by atoms with van der Waals surface area (Å²) in [5, 5.41) is 3.08. The van der Waals surface area contributed by atoms with Crippen molar-refractivity contribution in [3.63, 3.8) is 0 Å². The normalized spacial score (nSPS) is 12.6. The molecule has 2 N–H and O–H groups in total. The van der Waals surface area contributed by atoms with Gasteiger partial charge in [0.25, 0.3) is 0 Å². The summed E-state index contributed by atoms with van der Waals surface area (Å²) in [4.78, 5) is 7.03. The van der Waals surface area contributed by atoms with Crippen LogP contribution in [-0.2, 0) is 6.42 Å². The number of imidazole rings is 1. The molecule has 102 valence electrons. The molecule has 0 radical (unpaired) electrons. The summed E-state index contributed by atoms with van der Waals surface area (Å²) in [7, 11) is 0. The highest BCUT2D eigenvalue weighted by molar-refractivity contribution is 9.10. The zero-order chi connectivity index (χ0) is 13.8. The Hall–Kier alpha value is -1.27. The topological polar surface area (TPSA) is 40.7 Å². The van der Waals surface area contributed by atoms with Gasteiger partial charge in [-0.3, -0.25) is 0 Å². The number of H-pyrrole nitrogens is 1. The monoisotopic (exact) mass is 329 g/mol. The number of nitrogens with one attached hydrogen (secondary N) is 2. The van der Waals surface area contributed by atoms with Crippen LogP contribution in [0.4, 0.5) is 8.78 Å². The Labute approximate surface area is 118 Å². The van der Waals surface area contributed by atoms with Crippen molar-refractivity contribution >= 4 is 15.9 Å². The lowest BCUT2D eigenvalue weighted by Gasteiger charge is -2.19. The predicted octanol–water partition coefficient (Wildman–Crippen LogP) is 3.34. The molecule has 0 aliphatic heterocycles. The fourth-order valence-corrected chi connectivity index (χ4v) is 2.41. The van der Waals surface area contributed by atoms with Gasteiger partial charge in [0.1, 0.15) is 17.5 Å². The maximum absolute atomic E-state index is 14.0. The molecule has 0 aliphatic rings. The van der Waals surface area contributed by atoms with Crippen LogP contribution < -0.4 is 5.32 Å². The van der Waals surface area contributed by atoms with Crippen LogP contribution in [0, 0.1) is 11.6 Å². The second-order valence-electron chi connectivity index (χ2n) is 4.13. The summed E-state index contributed by atoms with van der Waals surface area (Å²) in [5.74, 6) is -0.443. The number of likely N-dealkylation sites (N-methyl/N-ethyl adjacent to an activating group) is 1. The predicted molar refractivity (Wildman–Crippen MR) is 72.8 cm³/mol. The lowest BCUT2D eigenvalue weighted by atomic mass is 10.0. The minimum atomic E-state index is -0.565. The molecule has 1 aromatic carbocycles. The first-order valence-corrected chi connectivity index (χ1v) is 6.77. The van der Waals surface area contributed by atoms with E-state index in [2.05, 4.69) is 31.2 Å². The molecular weight excluding hydrogens is 316 g/mol. The van der Waals surface area contributed by atoms with Crippen LogP contribution in [0.15, 0.2) is 29.0 Å². The molecular formula is C13H14BrF2N3. The van der Waals surface area contributed by atoms with Gasteiger partial charge in [0.15, 0.2) is 0 Å². The van der Waals surface area contributed by atoms with Gasteiger partial charge in [-0.25, -0.2) is 13.8 Å². The van der Waals surface area contributed by atoms with Crippen LogP contribution >= 0.6 is 15.9 Å². The van der Waals surface area contributed by atoms with Crippen molar-refractivity contribution in [2.45, 2.75) is 19.4 Å². The largest absolute Gasteiger partial charge is 0.349 e. The molecule has 1 heterocycles. The van der Waals surface area contributed by atoms with E-state index < -0.39 is 17.7 Å². The molecule has 0 saturated heterocycles.